The van der Waals surface area contributed by atoms with Crippen LogP contribution in [0, 0.1) is 24.0 Å². The average molecular weight is 311 g/mol. The van der Waals surface area contributed by atoms with Crippen molar-refractivity contribution < 1.29 is 4.92 Å². The number of benzene rings is 1. The number of hydrogen-bond donors (Lipinski definition) is 1. The number of nitrogens with zero attached hydrogens (tertiary/aromatic N) is 4. The van der Waals surface area contributed by atoms with Crippen LogP contribution < -0.4 is 5.73 Å². The van der Waals surface area contributed by atoms with Gasteiger partial charge in [0.15, 0.2) is 5.65 Å². The van der Waals surface area contributed by atoms with Gasteiger partial charge in [0.1, 0.15) is 12.0 Å². The zero-order valence-electron chi connectivity index (χ0n) is 13.2. The number of nitrogen functional groups attached to an aromatic ring is 1. The van der Waals surface area contributed by atoms with Gasteiger partial charge in [-0.25, -0.2) is 9.50 Å². The van der Waals surface area contributed by atoms with Crippen LogP contribution in [0.15, 0.2) is 24.7 Å². The van der Waals surface area contributed by atoms with Crippen LogP contribution >= 0.6 is 0 Å². The molecule has 0 saturated carbocycles. The molecule has 0 aliphatic carbocycles. The van der Waals surface area contributed by atoms with Gasteiger partial charge in [0, 0.05) is 17.8 Å². The van der Waals surface area contributed by atoms with Crippen LogP contribution in [0.3, 0.4) is 0 Å². The summed E-state index contributed by atoms with van der Waals surface area (Å²) in [4.78, 5) is 15.0. The van der Waals surface area contributed by atoms with Crippen LogP contribution in [0.25, 0.3) is 16.8 Å². The largest absolute Gasteiger partial charge is 0.393 e. The van der Waals surface area contributed by atoms with Gasteiger partial charge in [0.05, 0.1) is 4.92 Å². The normalized spacial score (nSPS) is 11.1. The fourth-order valence-corrected chi connectivity index (χ4v) is 2.83. The van der Waals surface area contributed by atoms with Crippen molar-refractivity contribution in [1.82, 2.24) is 14.6 Å². The van der Waals surface area contributed by atoms with Crippen molar-refractivity contribution in [2.75, 3.05) is 5.73 Å². The summed E-state index contributed by atoms with van der Waals surface area (Å²) < 4.78 is 1.69. The molecular weight excluding hydrogens is 294 g/mol. The van der Waals surface area contributed by atoms with Gasteiger partial charge in [0.25, 0.3) is 5.69 Å². The Bertz CT molecular complexity index is 930. The molecule has 0 saturated heterocycles. The molecule has 0 aliphatic heterocycles. The molecule has 2 N–H and O–H groups in total. The highest BCUT2D eigenvalue weighted by atomic mass is 16.6. The maximum absolute atomic E-state index is 11.2. The van der Waals surface area contributed by atoms with E-state index in [4.69, 9.17) is 5.73 Å². The van der Waals surface area contributed by atoms with E-state index in [2.05, 4.69) is 10.1 Å². The molecule has 0 atom stereocenters. The quantitative estimate of drug-likeness (QED) is 0.455. The van der Waals surface area contributed by atoms with Gasteiger partial charge in [-0.1, -0.05) is 6.92 Å². The van der Waals surface area contributed by atoms with Crippen molar-refractivity contribution in [3.8, 4) is 11.1 Å². The molecule has 0 fully saturated rings. The molecule has 7 heteroatoms. The van der Waals surface area contributed by atoms with Crippen LogP contribution in [0.1, 0.15) is 23.6 Å². The second kappa shape index (κ2) is 5.35. The molecule has 0 bridgehead atoms. The molecule has 7 nitrogen and oxygen atoms in total. The lowest BCUT2D eigenvalue weighted by atomic mass is 9.93. The summed E-state index contributed by atoms with van der Waals surface area (Å²) in [5, 5.41) is 15.4. The number of aromatic nitrogens is 3. The first-order valence-corrected chi connectivity index (χ1v) is 7.30. The second-order valence-electron chi connectivity index (χ2n) is 5.50. The summed E-state index contributed by atoms with van der Waals surface area (Å²) in [6.07, 6.45) is 4.09. The summed E-state index contributed by atoms with van der Waals surface area (Å²) in [7, 11) is 0. The van der Waals surface area contributed by atoms with Crippen molar-refractivity contribution in [1.29, 1.82) is 0 Å². The highest BCUT2D eigenvalue weighted by molar-refractivity contribution is 5.79. The third-order valence-corrected chi connectivity index (χ3v) is 4.25. The van der Waals surface area contributed by atoms with E-state index in [1.807, 2.05) is 27.0 Å². The zero-order chi connectivity index (χ0) is 16.7. The van der Waals surface area contributed by atoms with Crippen molar-refractivity contribution in [2.24, 2.45) is 0 Å². The maximum atomic E-state index is 11.2. The van der Waals surface area contributed by atoms with E-state index in [1.54, 1.807) is 16.6 Å². The Hall–Kier alpha value is -2.96. The predicted octanol–water partition coefficient (Wildman–Crippen LogP) is 3.07. The molecule has 0 unspecified atom stereocenters. The number of nitro groups is 1. The third-order valence-electron chi connectivity index (χ3n) is 4.25. The fraction of sp³-hybridized carbons (Fsp3) is 0.250. The van der Waals surface area contributed by atoms with Crippen LogP contribution in [0.2, 0.25) is 0 Å². The SMILES string of the molecule is CCc1cc(N)c([N+](=O)[O-])cc1-c1cn2ncnc2c(C)c1C. The van der Waals surface area contributed by atoms with Gasteiger partial charge in [-0.05, 0) is 48.6 Å². The first-order chi connectivity index (χ1) is 10.9. The molecule has 118 valence electrons. The number of aryl methyl sites for hydroxylation is 2. The molecule has 2 aromatic heterocycles. The summed E-state index contributed by atoms with van der Waals surface area (Å²) >= 11 is 0. The van der Waals surface area contributed by atoms with Crippen molar-refractivity contribution in [3.63, 3.8) is 0 Å². The summed E-state index contributed by atoms with van der Waals surface area (Å²) in [6, 6.07) is 3.24. The fourth-order valence-electron chi connectivity index (χ4n) is 2.83. The molecule has 3 aromatic rings. The minimum atomic E-state index is -0.450. The Balaban J connectivity index is 2.35. The minimum Gasteiger partial charge on any atom is -0.393 e. The van der Waals surface area contributed by atoms with Crippen LogP contribution in [-0.2, 0) is 6.42 Å². The van der Waals surface area contributed by atoms with Gasteiger partial charge < -0.3 is 5.73 Å². The molecule has 2 heterocycles. The lowest BCUT2D eigenvalue weighted by molar-refractivity contribution is -0.383. The van der Waals surface area contributed by atoms with E-state index in [-0.39, 0.29) is 11.4 Å². The van der Waals surface area contributed by atoms with Gasteiger partial charge >= 0.3 is 0 Å². The average Bonchev–Trinajstić information content (AvgIpc) is 2.99. The number of rotatable bonds is 3. The number of pyridine rings is 1. The molecule has 0 radical (unpaired) electrons. The standard InChI is InChI=1S/C16H17N5O2/c1-4-11-5-14(17)15(21(22)23)6-12(11)13-7-20-16(18-8-19-20)10(3)9(13)2/h5-8H,4,17H2,1-3H3. The van der Waals surface area contributed by atoms with Gasteiger partial charge in [-0.3, -0.25) is 10.1 Å². The number of anilines is 1. The Labute approximate surface area is 132 Å². The molecule has 3 rings (SSSR count). The van der Waals surface area contributed by atoms with Crippen molar-refractivity contribution in [3.05, 3.63) is 51.5 Å². The number of hydrogen-bond acceptors (Lipinski definition) is 5. The van der Waals surface area contributed by atoms with E-state index in [1.165, 1.54) is 6.33 Å². The molecule has 1 aromatic carbocycles. The summed E-state index contributed by atoms with van der Waals surface area (Å²) in [5.74, 6) is 0. The lowest BCUT2D eigenvalue weighted by Crippen LogP contribution is -2.02. The van der Waals surface area contributed by atoms with Crippen LogP contribution in [0.4, 0.5) is 11.4 Å². The third kappa shape index (κ3) is 2.30. The van der Waals surface area contributed by atoms with Crippen LogP contribution in [-0.4, -0.2) is 19.5 Å². The van der Waals surface area contributed by atoms with Crippen molar-refractivity contribution >= 4 is 17.0 Å². The zero-order valence-corrected chi connectivity index (χ0v) is 13.2. The molecule has 0 spiro atoms. The first-order valence-electron chi connectivity index (χ1n) is 7.30. The van der Waals surface area contributed by atoms with E-state index in [9.17, 15) is 10.1 Å². The molecule has 23 heavy (non-hydrogen) atoms. The Morgan fingerprint density at radius 1 is 1.26 bits per heavy atom. The van der Waals surface area contributed by atoms with E-state index in [0.29, 0.717) is 0 Å². The topological polar surface area (TPSA) is 99.3 Å². The van der Waals surface area contributed by atoms with Crippen molar-refractivity contribution in [2.45, 2.75) is 27.2 Å². The molecule has 0 aliphatic rings. The molecular formula is C16H17N5O2. The highest BCUT2D eigenvalue weighted by Gasteiger charge is 2.19. The number of fused-ring (bicyclic) bond motifs is 1. The second-order valence-corrected chi connectivity index (χ2v) is 5.50. The highest BCUT2D eigenvalue weighted by Crippen LogP contribution is 2.35. The first kappa shape index (κ1) is 15.0. The van der Waals surface area contributed by atoms with E-state index >= 15 is 0 Å². The Morgan fingerprint density at radius 3 is 2.65 bits per heavy atom. The summed E-state index contributed by atoms with van der Waals surface area (Å²) in [5.41, 5.74) is 11.4. The minimum absolute atomic E-state index is 0.0760. The number of nitrogens with two attached hydrogens (primary N) is 1. The smallest absolute Gasteiger partial charge is 0.292 e. The Morgan fingerprint density at radius 2 is 2.00 bits per heavy atom. The van der Waals surface area contributed by atoms with Gasteiger partial charge in [0.2, 0.25) is 0 Å². The molecule has 0 amide bonds. The van der Waals surface area contributed by atoms with Crippen LogP contribution in [0.5, 0.6) is 0 Å². The van der Waals surface area contributed by atoms with Gasteiger partial charge in [-0.2, -0.15) is 5.10 Å². The monoisotopic (exact) mass is 311 g/mol. The Kier molecular flexibility index (Phi) is 3.48. The summed E-state index contributed by atoms with van der Waals surface area (Å²) in [6.45, 7) is 5.96. The van der Waals surface area contributed by atoms with E-state index < -0.39 is 4.92 Å². The van der Waals surface area contributed by atoms with Gasteiger partial charge in [-0.15, -0.1) is 0 Å². The van der Waals surface area contributed by atoms with E-state index in [0.717, 1.165) is 39.9 Å². The number of nitro benzene ring substituents is 1. The maximum Gasteiger partial charge on any atom is 0.292 e. The predicted molar refractivity (Wildman–Crippen MR) is 88.3 cm³/mol. The lowest BCUT2D eigenvalue weighted by Gasteiger charge is -2.14.